The Balaban J connectivity index is 2.27. The number of hydrogen-bond acceptors (Lipinski definition) is 4. The molecule has 0 spiro atoms. The number of hydrogen-bond donors (Lipinski definition) is 2. The van der Waals surface area contributed by atoms with Gasteiger partial charge in [0.15, 0.2) is 0 Å². The van der Waals surface area contributed by atoms with Gasteiger partial charge in [0, 0.05) is 5.56 Å². The normalized spacial score (nSPS) is 22.5. The molecular weight excluding hydrogens is 241 g/mol. The maximum Gasteiger partial charge on any atom is 0.480 e. The van der Waals surface area contributed by atoms with Crippen LogP contribution in [0.5, 0.6) is 5.75 Å². The summed E-state index contributed by atoms with van der Waals surface area (Å²) in [6.45, 7) is 9.89. The molecule has 5 heteroatoms. The van der Waals surface area contributed by atoms with Crippen LogP contribution in [0.2, 0.25) is 0 Å². The number of aromatic hydroxyl groups is 1. The fourth-order valence-corrected chi connectivity index (χ4v) is 2.12. The van der Waals surface area contributed by atoms with E-state index in [-0.39, 0.29) is 5.75 Å². The van der Waals surface area contributed by atoms with E-state index in [1.165, 1.54) is 0 Å². The minimum atomic E-state index is -0.558. The lowest BCUT2D eigenvalue weighted by atomic mass is 9.74. The van der Waals surface area contributed by atoms with Crippen molar-refractivity contribution >= 4 is 7.12 Å². The van der Waals surface area contributed by atoms with Gasteiger partial charge in [-0.2, -0.15) is 0 Å². The molecule has 0 radical (unpaired) electrons. The SMILES string of the molecule is Cc1ccc(O)c([C@H](N)B2OC(C)(C)C(C)(C)O2)c1. The van der Waals surface area contributed by atoms with E-state index in [0.717, 1.165) is 5.56 Å². The van der Waals surface area contributed by atoms with E-state index in [1.54, 1.807) is 6.07 Å². The number of rotatable bonds is 2. The van der Waals surface area contributed by atoms with Gasteiger partial charge < -0.3 is 20.1 Å². The Morgan fingerprint density at radius 1 is 1.16 bits per heavy atom. The topological polar surface area (TPSA) is 64.7 Å². The second-order valence-corrected chi connectivity index (χ2v) is 6.21. The summed E-state index contributed by atoms with van der Waals surface area (Å²) in [6, 6.07) is 5.36. The predicted molar refractivity (Wildman–Crippen MR) is 75.9 cm³/mol. The van der Waals surface area contributed by atoms with Gasteiger partial charge in [-0.05, 0) is 40.7 Å². The standard InChI is InChI=1S/C14H22BNO3/c1-9-6-7-11(17)10(8-9)12(16)15-18-13(2,3)14(4,5)19-15/h6-8,12,17H,16H2,1-5H3/t12-/m0/s1. The Morgan fingerprint density at radius 3 is 2.21 bits per heavy atom. The second-order valence-electron chi connectivity index (χ2n) is 6.21. The summed E-state index contributed by atoms with van der Waals surface area (Å²) in [7, 11) is -0.558. The lowest BCUT2D eigenvalue weighted by Gasteiger charge is -2.32. The number of phenols is 1. The zero-order valence-electron chi connectivity index (χ0n) is 12.2. The van der Waals surface area contributed by atoms with E-state index in [2.05, 4.69) is 0 Å². The molecule has 0 saturated carbocycles. The van der Waals surface area contributed by atoms with Crippen LogP contribution in [0.4, 0.5) is 0 Å². The molecule has 0 bridgehead atoms. The average molecular weight is 263 g/mol. The molecule has 1 aromatic carbocycles. The first-order valence-corrected chi connectivity index (χ1v) is 6.55. The zero-order valence-corrected chi connectivity index (χ0v) is 12.2. The van der Waals surface area contributed by atoms with Gasteiger partial charge in [-0.3, -0.25) is 0 Å². The third-order valence-corrected chi connectivity index (χ3v) is 4.11. The number of phenolic OH excluding ortho intramolecular Hbond substituents is 1. The Bertz CT molecular complexity index is 472. The van der Waals surface area contributed by atoms with Crippen LogP contribution in [0.1, 0.15) is 44.8 Å². The van der Waals surface area contributed by atoms with Crippen molar-refractivity contribution < 1.29 is 14.4 Å². The van der Waals surface area contributed by atoms with Crippen LogP contribution in [0.25, 0.3) is 0 Å². The highest BCUT2D eigenvalue weighted by Crippen LogP contribution is 2.40. The molecule has 0 amide bonds. The zero-order chi connectivity index (χ0) is 14.4. The molecule has 0 aromatic heterocycles. The van der Waals surface area contributed by atoms with Crippen LogP contribution in [-0.4, -0.2) is 23.4 Å². The molecule has 1 aliphatic rings. The van der Waals surface area contributed by atoms with Crippen LogP contribution in [0, 0.1) is 6.92 Å². The van der Waals surface area contributed by atoms with Crippen molar-refractivity contribution in [3.8, 4) is 5.75 Å². The summed E-state index contributed by atoms with van der Waals surface area (Å²) in [6.07, 6.45) is 0. The molecule has 104 valence electrons. The first kappa shape index (κ1) is 14.4. The van der Waals surface area contributed by atoms with Crippen molar-refractivity contribution in [3.63, 3.8) is 0 Å². The van der Waals surface area contributed by atoms with E-state index in [0.29, 0.717) is 5.56 Å². The van der Waals surface area contributed by atoms with Crippen molar-refractivity contribution in [1.82, 2.24) is 0 Å². The first-order chi connectivity index (χ1) is 8.64. The molecule has 19 heavy (non-hydrogen) atoms. The van der Waals surface area contributed by atoms with Gasteiger partial charge in [0.25, 0.3) is 0 Å². The Hall–Kier alpha value is -1.04. The lowest BCUT2D eigenvalue weighted by molar-refractivity contribution is 0.00578. The molecular formula is C14H22BNO3. The minimum absolute atomic E-state index is 0.174. The van der Waals surface area contributed by atoms with Crippen molar-refractivity contribution in [3.05, 3.63) is 29.3 Å². The summed E-state index contributed by atoms with van der Waals surface area (Å²) >= 11 is 0. The van der Waals surface area contributed by atoms with Gasteiger partial charge in [-0.25, -0.2) is 0 Å². The van der Waals surface area contributed by atoms with Gasteiger partial charge in [-0.1, -0.05) is 17.7 Å². The average Bonchev–Trinajstić information content (AvgIpc) is 2.51. The molecule has 1 aromatic rings. The lowest BCUT2D eigenvalue weighted by Crippen LogP contribution is -2.41. The monoisotopic (exact) mass is 263 g/mol. The molecule has 0 unspecified atom stereocenters. The van der Waals surface area contributed by atoms with Gasteiger partial charge >= 0.3 is 7.12 Å². The highest BCUT2D eigenvalue weighted by Gasteiger charge is 2.53. The van der Waals surface area contributed by atoms with Gasteiger partial charge in [0.1, 0.15) is 5.75 Å². The third kappa shape index (κ3) is 2.50. The molecule has 4 nitrogen and oxygen atoms in total. The highest BCUT2D eigenvalue weighted by molar-refractivity contribution is 6.47. The molecule has 1 saturated heterocycles. The largest absolute Gasteiger partial charge is 0.508 e. The van der Waals surface area contributed by atoms with Crippen LogP contribution in [-0.2, 0) is 9.31 Å². The van der Waals surface area contributed by atoms with Crippen LogP contribution < -0.4 is 5.73 Å². The molecule has 0 aliphatic carbocycles. The third-order valence-electron chi connectivity index (χ3n) is 4.11. The number of benzene rings is 1. The molecule has 1 heterocycles. The molecule has 3 N–H and O–H groups in total. The maximum absolute atomic E-state index is 9.93. The second kappa shape index (κ2) is 4.51. The summed E-state index contributed by atoms with van der Waals surface area (Å²) in [5, 5.41) is 9.93. The highest BCUT2D eigenvalue weighted by atomic mass is 16.7. The van der Waals surface area contributed by atoms with E-state index in [1.807, 2.05) is 46.8 Å². The Morgan fingerprint density at radius 2 is 1.68 bits per heavy atom. The van der Waals surface area contributed by atoms with Crippen molar-refractivity contribution in [2.45, 2.75) is 51.8 Å². The smallest absolute Gasteiger partial charge is 0.480 e. The van der Waals surface area contributed by atoms with Crippen molar-refractivity contribution in [1.29, 1.82) is 0 Å². The summed E-state index contributed by atoms with van der Waals surface area (Å²) in [5.74, 6) is -0.339. The molecule has 1 aliphatic heterocycles. The molecule has 2 rings (SSSR count). The fourth-order valence-electron chi connectivity index (χ4n) is 2.12. The summed E-state index contributed by atoms with van der Waals surface area (Å²) in [5.41, 5.74) is 7.05. The quantitative estimate of drug-likeness (QED) is 0.804. The van der Waals surface area contributed by atoms with Gasteiger partial charge in [-0.15, -0.1) is 0 Å². The van der Waals surface area contributed by atoms with Gasteiger partial charge in [0.05, 0.1) is 17.1 Å². The van der Waals surface area contributed by atoms with Crippen LogP contribution in [0.15, 0.2) is 18.2 Å². The first-order valence-electron chi connectivity index (χ1n) is 6.55. The van der Waals surface area contributed by atoms with Crippen molar-refractivity contribution in [2.24, 2.45) is 5.73 Å². The number of aryl methyl sites for hydroxylation is 1. The summed E-state index contributed by atoms with van der Waals surface area (Å²) in [4.78, 5) is 0. The van der Waals surface area contributed by atoms with E-state index in [4.69, 9.17) is 15.0 Å². The van der Waals surface area contributed by atoms with E-state index in [9.17, 15) is 5.11 Å². The van der Waals surface area contributed by atoms with E-state index >= 15 is 0 Å². The van der Waals surface area contributed by atoms with Crippen LogP contribution in [0.3, 0.4) is 0 Å². The molecule has 1 atom stereocenters. The minimum Gasteiger partial charge on any atom is -0.508 e. The Labute approximate surface area is 115 Å². The fraction of sp³-hybridized carbons (Fsp3) is 0.571. The molecule has 1 fully saturated rings. The predicted octanol–water partition coefficient (Wildman–Crippen LogP) is 2.33. The Kier molecular flexibility index (Phi) is 3.41. The van der Waals surface area contributed by atoms with Crippen molar-refractivity contribution in [2.75, 3.05) is 0 Å². The number of nitrogens with two attached hydrogens (primary N) is 1. The maximum atomic E-state index is 9.93. The summed E-state index contributed by atoms with van der Waals surface area (Å²) < 4.78 is 11.8. The van der Waals surface area contributed by atoms with Gasteiger partial charge in [0.2, 0.25) is 0 Å². The van der Waals surface area contributed by atoms with E-state index < -0.39 is 24.3 Å². The van der Waals surface area contributed by atoms with Crippen LogP contribution >= 0.6 is 0 Å².